The Labute approximate surface area is 101 Å². The Hall–Kier alpha value is -0.910. The van der Waals surface area contributed by atoms with Crippen molar-refractivity contribution < 1.29 is 18.3 Å². The Morgan fingerprint density at radius 3 is 2.24 bits per heavy atom. The minimum atomic E-state index is -3.15. The highest BCUT2D eigenvalue weighted by Gasteiger charge is 2.39. The third-order valence-electron chi connectivity index (χ3n) is 3.27. The second-order valence-corrected chi connectivity index (χ2v) is 6.64. The SMILES string of the molecule is CCS(=O)(=O)c1ccc(C2(CO)COC2)cc1. The van der Waals surface area contributed by atoms with Crippen LogP contribution in [0.15, 0.2) is 29.2 Å². The summed E-state index contributed by atoms with van der Waals surface area (Å²) >= 11 is 0. The molecule has 0 saturated carbocycles. The summed E-state index contributed by atoms with van der Waals surface area (Å²) in [6, 6.07) is 6.73. The minimum Gasteiger partial charge on any atom is -0.395 e. The highest BCUT2D eigenvalue weighted by molar-refractivity contribution is 7.91. The molecule has 0 spiro atoms. The summed E-state index contributed by atoms with van der Waals surface area (Å²) < 4.78 is 28.4. The Morgan fingerprint density at radius 2 is 1.88 bits per heavy atom. The fraction of sp³-hybridized carbons (Fsp3) is 0.500. The van der Waals surface area contributed by atoms with Crippen LogP contribution >= 0.6 is 0 Å². The van der Waals surface area contributed by atoms with Crippen LogP contribution in [0.5, 0.6) is 0 Å². The summed E-state index contributed by atoms with van der Waals surface area (Å²) in [5.41, 5.74) is 0.593. The van der Waals surface area contributed by atoms with Crippen molar-refractivity contribution in [3.63, 3.8) is 0 Å². The van der Waals surface area contributed by atoms with E-state index in [1.165, 1.54) is 0 Å². The summed E-state index contributed by atoms with van der Waals surface area (Å²) in [5.74, 6) is 0.0978. The van der Waals surface area contributed by atoms with E-state index in [1.54, 1.807) is 31.2 Å². The van der Waals surface area contributed by atoms with Gasteiger partial charge in [0.1, 0.15) is 0 Å². The van der Waals surface area contributed by atoms with Gasteiger partial charge in [-0.15, -0.1) is 0 Å². The topological polar surface area (TPSA) is 63.6 Å². The van der Waals surface area contributed by atoms with Gasteiger partial charge in [-0.2, -0.15) is 0 Å². The molecule has 94 valence electrons. The van der Waals surface area contributed by atoms with Crippen molar-refractivity contribution in [3.05, 3.63) is 29.8 Å². The number of benzene rings is 1. The van der Waals surface area contributed by atoms with Crippen molar-refractivity contribution in [2.75, 3.05) is 25.6 Å². The van der Waals surface area contributed by atoms with Gasteiger partial charge in [0.2, 0.25) is 0 Å². The van der Waals surface area contributed by atoms with Crippen LogP contribution in [0.3, 0.4) is 0 Å². The van der Waals surface area contributed by atoms with Crippen molar-refractivity contribution in [1.82, 2.24) is 0 Å². The van der Waals surface area contributed by atoms with Crippen molar-refractivity contribution >= 4 is 9.84 Å². The van der Waals surface area contributed by atoms with Crippen molar-refractivity contribution in [2.24, 2.45) is 0 Å². The summed E-state index contributed by atoms with van der Waals surface area (Å²) in [5, 5.41) is 9.37. The van der Waals surface area contributed by atoms with Crippen LogP contribution in [-0.2, 0) is 20.0 Å². The lowest BCUT2D eigenvalue weighted by Crippen LogP contribution is -2.49. The first-order valence-electron chi connectivity index (χ1n) is 5.56. The first-order valence-corrected chi connectivity index (χ1v) is 7.21. The molecule has 1 saturated heterocycles. The van der Waals surface area contributed by atoms with Crippen molar-refractivity contribution in [1.29, 1.82) is 0 Å². The van der Waals surface area contributed by atoms with Crippen LogP contribution in [0.25, 0.3) is 0 Å². The van der Waals surface area contributed by atoms with Crippen LogP contribution in [0, 0.1) is 0 Å². The molecule has 1 heterocycles. The second kappa shape index (κ2) is 4.40. The molecule has 1 aliphatic heterocycles. The van der Waals surface area contributed by atoms with Crippen molar-refractivity contribution in [2.45, 2.75) is 17.2 Å². The molecule has 1 N–H and O–H groups in total. The number of hydrogen-bond acceptors (Lipinski definition) is 4. The summed E-state index contributed by atoms with van der Waals surface area (Å²) in [7, 11) is -3.15. The Balaban J connectivity index is 2.30. The van der Waals surface area contributed by atoms with E-state index in [9.17, 15) is 13.5 Å². The molecule has 0 bridgehead atoms. The van der Waals surface area contributed by atoms with E-state index in [2.05, 4.69) is 0 Å². The predicted molar refractivity (Wildman–Crippen MR) is 63.8 cm³/mol. The van der Waals surface area contributed by atoms with E-state index in [1.807, 2.05) is 0 Å². The molecule has 5 heteroatoms. The zero-order valence-corrected chi connectivity index (χ0v) is 10.5. The Morgan fingerprint density at radius 1 is 1.29 bits per heavy atom. The van der Waals surface area contributed by atoms with Gasteiger partial charge in [0, 0.05) is 0 Å². The molecule has 17 heavy (non-hydrogen) atoms. The maximum absolute atomic E-state index is 11.6. The highest BCUT2D eigenvalue weighted by atomic mass is 32.2. The van der Waals surface area contributed by atoms with E-state index in [4.69, 9.17) is 4.74 Å². The quantitative estimate of drug-likeness (QED) is 0.863. The average molecular weight is 256 g/mol. The largest absolute Gasteiger partial charge is 0.395 e. The van der Waals surface area contributed by atoms with Gasteiger partial charge in [-0.3, -0.25) is 0 Å². The average Bonchev–Trinajstić information content (AvgIpc) is 2.29. The van der Waals surface area contributed by atoms with Crippen LogP contribution in [-0.4, -0.2) is 39.1 Å². The van der Waals surface area contributed by atoms with Crippen molar-refractivity contribution in [3.8, 4) is 0 Å². The lowest BCUT2D eigenvalue weighted by Gasteiger charge is -2.40. The van der Waals surface area contributed by atoms with E-state index in [0.717, 1.165) is 5.56 Å². The van der Waals surface area contributed by atoms with E-state index in [-0.39, 0.29) is 17.8 Å². The molecule has 4 nitrogen and oxygen atoms in total. The van der Waals surface area contributed by atoms with Gasteiger partial charge in [-0.25, -0.2) is 8.42 Å². The van der Waals surface area contributed by atoms with Gasteiger partial charge >= 0.3 is 0 Å². The van der Waals surface area contributed by atoms with Crippen LogP contribution in [0.1, 0.15) is 12.5 Å². The zero-order chi connectivity index (χ0) is 12.5. The van der Waals surface area contributed by atoms with Crippen LogP contribution < -0.4 is 0 Å². The normalized spacial score (nSPS) is 18.7. The Kier molecular flexibility index (Phi) is 3.25. The molecule has 0 aromatic heterocycles. The van der Waals surface area contributed by atoms with Gasteiger partial charge < -0.3 is 9.84 Å². The second-order valence-electron chi connectivity index (χ2n) is 4.36. The molecule has 0 atom stereocenters. The Bertz CT molecular complexity index is 480. The maximum atomic E-state index is 11.6. The maximum Gasteiger partial charge on any atom is 0.178 e. The number of ether oxygens (including phenoxy) is 1. The number of rotatable bonds is 4. The molecule has 0 amide bonds. The van der Waals surface area contributed by atoms with E-state index >= 15 is 0 Å². The smallest absolute Gasteiger partial charge is 0.178 e. The fourth-order valence-corrected chi connectivity index (χ4v) is 2.76. The lowest BCUT2D eigenvalue weighted by molar-refractivity contribution is -0.0841. The highest BCUT2D eigenvalue weighted by Crippen LogP contribution is 2.32. The lowest BCUT2D eigenvalue weighted by atomic mass is 9.79. The number of aliphatic hydroxyl groups excluding tert-OH is 1. The molecule has 1 aromatic carbocycles. The van der Waals surface area contributed by atoms with Gasteiger partial charge in [-0.1, -0.05) is 19.1 Å². The molecule has 0 aliphatic carbocycles. The van der Waals surface area contributed by atoms with Gasteiger partial charge in [0.15, 0.2) is 9.84 Å². The number of hydrogen-bond donors (Lipinski definition) is 1. The summed E-state index contributed by atoms with van der Waals surface area (Å²) in [4.78, 5) is 0.331. The van der Waals surface area contributed by atoms with Crippen LogP contribution in [0.4, 0.5) is 0 Å². The third-order valence-corrected chi connectivity index (χ3v) is 5.02. The number of aliphatic hydroxyl groups is 1. The molecule has 0 unspecified atom stereocenters. The van der Waals surface area contributed by atoms with E-state index in [0.29, 0.717) is 18.1 Å². The first kappa shape index (κ1) is 12.5. The third kappa shape index (κ3) is 2.10. The van der Waals surface area contributed by atoms with Gasteiger partial charge in [0.25, 0.3) is 0 Å². The molecule has 1 aromatic rings. The molecule has 1 fully saturated rings. The molecular weight excluding hydrogens is 240 g/mol. The predicted octanol–water partition coefficient (Wildman–Crippen LogP) is 0.741. The molecular formula is C12H16O4S. The van der Waals surface area contributed by atoms with E-state index < -0.39 is 9.84 Å². The number of sulfone groups is 1. The minimum absolute atomic E-state index is 0.0207. The van der Waals surface area contributed by atoms with Crippen LogP contribution in [0.2, 0.25) is 0 Å². The summed E-state index contributed by atoms with van der Waals surface area (Å²) in [6.07, 6.45) is 0. The summed E-state index contributed by atoms with van der Waals surface area (Å²) in [6.45, 7) is 2.62. The molecule has 0 radical (unpaired) electrons. The standard InChI is InChI=1S/C12H16O4S/c1-2-17(14,15)11-5-3-10(4-6-11)12(7-13)8-16-9-12/h3-6,13H,2,7-9H2,1H3. The zero-order valence-electron chi connectivity index (χ0n) is 9.72. The monoisotopic (exact) mass is 256 g/mol. The molecule has 1 aliphatic rings. The fourth-order valence-electron chi connectivity index (χ4n) is 1.88. The van der Waals surface area contributed by atoms with Gasteiger partial charge in [0.05, 0.1) is 35.9 Å². The first-order chi connectivity index (χ1) is 8.04. The van der Waals surface area contributed by atoms with Gasteiger partial charge in [-0.05, 0) is 17.7 Å². The molecule has 2 rings (SSSR count).